The van der Waals surface area contributed by atoms with E-state index in [-0.39, 0.29) is 0 Å². The molecule has 32 heavy (non-hydrogen) atoms. The van der Waals surface area contributed by atoms with Crippen LogP contribution in [0, 0.1) is 0 Å². The smallest absolute Gasteiger partial charge is 0.181 e. The maximum atomic E-state index is 6.40. The molecule has 0 aliphatic heterocycles. The molecule has 7 aromatic rings. The van der Waals surface area contributed by atoms with Gasteiger partial charge in [-0.25, -0.2) is 9.97 Å². The van der Waals surface area contributed by atoms with E-state index >= 15 is 0 Å². The largest absolute Gasteiger partial charge is 0.452 e. The molecule has 0 N–H and O–H groups in total. The molecule has 0 unspecified atom stereocenters. The number of fused-ring (bicyclic) bond motifs is 8. The van der Waals surface area contributed by atoms with Crippen LogP contribution in [0.5, 0.6) is 0 Å². The van der Waals surface area contributed by atoms with E-state index in [4.69, 9.17) is 13.8 Å². The minimum Gasteiger partial charge on any atom is -0.452 e. The molecule has 3 aromatic carbocycles. The summed E-state index contributed by atoms with van der Waals surface area (Å²) in [5.41, 5.74) is 7.50. The molecule has 0 amide bonds. The highest BCUT2D eigenvalue weighted by Gasteiger charge is 2.22. The molecule has 0 fully saturated rings. The van der Waals surface area contributed by atoms with E-state index in [1.54, 1.807) is 17.7 Å². The summed E-state index contributed by atoms with van der Waals surface area (Å²) >= 11 is 1.74. The van der Waals surface area contributed by atoms with Gasteiger partial charge in [-0.15, -0.1) is 11.3 Å². The first-order valence-electron chi connectivity index (χ1n) is 10.7. The zero-order valence-electron chi connectivity index (χ0n) is 17.5. The van der Waals surface area contributed by atoms with Crippen LogP contribution in [0.3, 0.4) is 0 Å². The van der Waals surface area contributed by atoms with E-state index in [1.807, 2.05) is 24.3 Å². The molecule has 7 rings (SSSR count). The molecule has 0 saturated carbocycles. The van der Waals surface area contributed by atoms with E-state index < -0.39 is 0 Å². The average molecular weight is 435 g/mol. The highest BCUT2D eigenvalue weighted by Crippen LogP contribution is 2.43. The second-order valence-corrected chi connectivity index (χ2v) is 9.50. The lowest BCUT2D eigenvalue weighted by molar-refractivity contribution is 0.653. The van der Waals surface area contributed by atoms with Crippen molar-refractivity contribution in [3.63, 3.8) is 0 Å². The fourth-order valence-corrected chi connectivity index (χ4v) is 5.85. The lowest BCUT2D eigenvalue weighted by Crippen LogP contribution is -1.92. The number of furan rings is 2. The van der Waals surface area contributed by atoms with Gasteiger partial charge in [0.2, 0.25) is 0 Å². The first-order chi connectivity index (χ1) is 15.7. The first kappa shape index (κ1) is 17.9. The summed E-state index contributed by atoms with van der Waals surface area (Å²) in [6, 6.07) is 20.7. The van der Waals surface area contributed by atoms with Gasteiger partial charge in [0.25, 0.3) is 0 Å². The van der Waals surface area contributed by atoms with Gasteiger partial charge in [0.1, 0.15) is 17.5 Å². The molecule has 0 radical (unpaired) electrons. The van der Waals surface area contributed by atoms with Crippen LogP contribution in [0.15, 0.2) is 75.8 Å². The Kier molecular flexibility index (Phi) is 3.59. The van der Waals surface area contributed by atoms with Crippen LogP contribution >= 0.6 is 11.3 Å². The monoisotopic (exact) mass is 434 g/mol. The molecule has 0 saturated heterocycles. The second-order valence-electron chi connectivity index (χ2n) is 8.45. The molecule has 5 heteroatoms. The number of rotatable bonds is 2. The van der Waals surface area contributed by atoms with Crippen molar-refractivity contribution in [3.05, 3.63) is 72.6 Å². The van der Waals surface area contributed by atoms with E-state index in [0.717, 1.165) is 54.6 Å². The SMILES string of the molecule is CC(C)c1cc(-c2ncnc3c2sc2ccccc23)cc2oc3c4ccccc4oc3c12. The van der Waals surface area contributed by atoms with Crippen molar-refractivity contribution < 1.29 is 8.83 Å². The van der Waals surface area contributed by atoms with Crippen molar-refractivity contribution in [1.29, 1.82) is 0 Å². The standard InChI is InChI=1S/C27H18N2O2S/c1-14(2)18-11-15(23-27-24(29-13-28-23)17-8-4-6-10-21(17)32-27)12-20-22(18)26-25(31-20)16-7-3-5-9-19(16)30-26/h3-14H,1-2H3. The predicted molar refractivity (Wildman–Crippen MR) is 131 cm³/mol. The number of thiophene rings is 1. The van der Waals surface area contributed by atoms with E-state index in [2.05, 4.69) is 55.2 Å². The average Bonchev–Trinajstić information content (AvgIpc) is 3.47. The van der Waals surface area contributed by atoms with Crippen molar-refractivity contribution >= 4 is 64.7 Å². The summed E-state index contributed by atoms with van der Waals surface area (Å²) in [6.07, 6.45) is 1.66. The van der Waals surface area contributed by atoms with Gasteiger partial charge in [0, 0.05) is 15.6 Å². The lowest BCUT2D eigenvalue weighted by atomic mass is 9.95. The zero-order chi connectivity index (χ0) is 21.4. The highest BCUT2D eigenvalue weighted by atomic mass is 32.1. The molecule has 4 nitrogen and oxygen atoms in total. The number of aromatic nitrogens is 2. The van der Waals surface area contributed by atoms with E-state index in [9.17, 15) is 0 Å². The lowest BCUT2D eigenvalue weighted by Gasteiger charge is -2.10. The number of benzene rings is 3. The van der Waals surface area contributed by atoms with Crippen molar-refractivity contribution in [2.75, 3.05) is 0 Å². The third-order valence-electron chi connectivity index (χ3n) is 6.18. The van der Waals surface area contributed by atoms with E-state index in [0.29, 0.717) is 5.92 Å². The van der Waals surface area contributed by atoms with E-state index in [1.165, 1.54) is 15.6 Å². The van der Waals surface area contributed by atoms with Crippen LogP contribution in [0.25, 0.3) is 64.7 Å². The van der Waals surface area contributed by atoms with Crippen molar-refractivity contribution in [2.45, 2.75) is 19.8 Å². The first-order valence-corrected chi connectivity index (χ1v) is 11.5. The Hall–Kier alpha value is -3.70. The molecule has 0 atom stereocenters. The van der Waals surface area contributed by atoms with Gasteiger partial charge >= 0.3 is 0 Å². The summed E-state index contributed by atoms with van der Waals surface area (Å²) in [6.45, 7) is 4.41. The Labute approximate surface area is 187 Å². The summed E-state index contributed by atoms with van der Waals surface area (Å²) in [4.78, 5) is 9.30. The quantitative estimate of drug-likeness (QED) is 0.275. The van der Waals surface area contributed by atoms with Gasteiger partial charge in [-0.05, 0) is 41.8 Å². The Bertz CT molecular complexity index is 1820. The Morgan fingerprint density at radius 3 is 2.47 bits per heavy atom. The summed E-state index contributed by atoms with van der Waals surface area (Å²) in [7, 11) is 0. The van der Waals surface area contributed by atoms with Gasteiger partial charge in [-0.3, -0.25) is 0 Å². The molecule has 4 aromatic heterocycles. The molecule has 0 aliphatic rings. The molecule has 0 bridgehead atoms. The third kappa shape index (κ3) is 2.37. The minimum absolute atomic E-state index is 0.297. The number of para-hydroxylation sites is 1. The molecule has 0 aliphatic carbocycles. The summed E-state index contributed by atoms with van der Waals surface area (Å²) in [5, 5.41) is 3.23. The van der Waals surface area contributed by atoms with Crippen LogP contribution < -0.4 is 0 Å². The topological polar surface area (TPSA) is 52.1 Å². The number of hydrogen-bond donors (Lipinski definition) is 0. The predicted octanol–water partition coefficient (Wildman–Crippen LogP) is 8.28. The molecular formula is C27H18N2O2S. The van der Waals surface area contributed by atoms with Gasteiger partial charge in [-0.2, -0.15) is 0 Å². The summed E-state index contributed by atoms with van der Waals surface area (Å²) < 4.78 is 15.0. The maximum absolute atomic E-state index is 6.40. The Morgan fingerprint density at radius 2 is 1.59 bits per heavy atom. The molecule has 4 heterocycles. The maximum Gasteiger partial charge on any atom is 0.181 e. The van der Waals surface area contributed by atoms with Crippen molar-refractivity contribution in [2.24, 2.45) is 0 Å². The molecule has 0 spiro atoms. The molecular weight excluding hydrogens is 416 g/mol. The van der Waals surface area contributed by atoms with Gasteiger partial charge in [-0.1, -0.05) is 44.2 Å². The Balaban J connectivity index is 1.57. The highest BCUT2D eigenvalue weighted by molar-refractivity contribution is 7.26. The number of nitrogens with zero attached hydrogens (tertiary/aromatic N) is 2. The number of hydrogen-bond acceptors (Lipinski definition) is 5. The Morgan fingerprint density at radius 1 is 0.812 bits per heavy atom. The van der Waals surface area contributed by atoms with Gasteiger partial charge in [0.05, 0.1) is 26.7 Å². The van der Waals surface area contributed by atoms with Crippen LogP contribution in [0.4, 0.5) is 0 Å². The minimum atomic E-state index is 0.297. The zero-order valence-corrected chi connectivity index (χ0v) is 18.4. The van der Waals surface area contributed by atoms with Gasteiger partial charge in [0.15, 0.2) is 11.2 Å². The fraction of sp³-hybridized carbons (Fsp3) is 0.111. The van der Waals surface area contributed by atoms with Crippen LogP contribution in [0.1, 0.15) is 25.3 Å². The van der Waals surface area contributed by atoms with Crippen molar-refractivity contribution in [1.82, 2.24) is 9.97 Å². The van der Waals surface area contributed by atoms with Crippen LogP contribution in [-0.2, 0) is 0 Å². The van der Waals surface area contributed by atoms with Crippen LogP contribution in [0.2, 0.25) is 0 Å². The molecule has 154 valence electrons. The summed E-state index contributed by atoms with van der Waals surface area (Å²) in [5.74, 6) is 0.297. The van der Waals surface area contributed by atoms with Crippen molar-refractivity contribution in [3.8, 4) is 11.3 Å². The normalized spacial score (nSPS) is 12.3. The van der Waals surface area contributed by atoms with Gasteiger partial charge < -0.3 is 8.83 Å². The second kappa shape index (κ2) is 6.40. The third-order valence-corrected chi connectivity index (χ3v) is 7.34. The fourth-order valence-electron chi connectivity index (χ4n) is 4.68. The van der Waals surface area contributed by atoms with Crippen LogP contribution in [-0.4, -0.2) is 9.97 Å².